The number of nitrogens with one attached hydrogen (secondary N) is 1. The van der Waals surface area contributed by atoms with Crippen LogP contribution in [0.2, 0.25) is 0 Å². The van der Waals surface area contributed by atoms with Gasteiger partial charge in [0.25, 0.3) is 0 Å². The molecule has 1 unspecified atom stereocenters. The van der Waals surface area contributed by atoms with Crippen LogP contribution in [0.15, 0.2) is 54.6 Å². The molecule has 2 aliphatic rings. The van der Waals surface area contributed by atoms with Gasteiger partial charge in [-0.15, -0.1) is 0 Å². The average Bonchev–Trinajstić information content (AvgIpc) is 3.32. The lowest BCUT2D eigenvalue weighted by Crippen LogP contribution is -2.45. The molecule has 0 saturated carbocycles. The summed E-state index contributed by atoms with van der Waals surface area (Å²) in [4.78, 5) is 33.3. The summed E-state index contributed by atoms with van der Waals surface area (Å²) in [5.41, 5.74) is 3.44. The molecule has 1 N–H and O–H groups in total. The number of rotatable bonds is 8. The minimum Gasteiger partial charge on any atom is -0.348 e. The number of aromatic nitrogens is 2. The monoisotopic (exact) mass is 487 g/mol. The molecule has 2 amide bonds. The molecule has 2 fully saturated rings. The highest BCUT2D eigenvalue weighted by molar-refractivity contribution is 5.83. The fraction of sp³-hybridized carbons (Fsp3) is 0.483. The second-order valence-corrected chi connectivity index (χ2v) is 10.5. The van der Waals surface area contributed by atoms with E-state index < -0.39 is 0 Å². The highest BCUT2D eigenvalue weighted by atomic mass is 16.2. The molecule has 190 valence electrons. The predicted molar refractivity (Wildman–Crippen MR) is 142 cm³/mol. The van der Waals surface area contributed by atoms with E-state index in [1.165, 1.54) is 30.2 Å². The van der Waals surface area contributed by atoms with Crippen LogP contribution in [0.4, 0.5) is 0 Å². The summed E-state index contributed by atoms with van der Waals surface area (Å²) < 4.78 is 2.47. The van der Waals surface area contributed by atoms with Crippen molar-refractivity contribution in [2.24, 2.45) is 0 Å². The molecule has 1 aromatic heterocycles. The van der Waals surface area contributed by atoms with Crippen LogP contribution < -0.4 is 5.32 Å². The minimum atomic E-state index is -0.120. The summed E-state index contributed by atoms with van der Waals surface area (Å²) in [6.07, 6.45) is 5.61. The molecule has 0 aliphatic carbocycles. The van der Waals surface area contributed by atoms with Crippen molar-refractivity contribution in [1.29, 1.82) is 0 Å². The molecule has 7 nitrogen and oxygen atoms in total. The third-order valence-electron chi connectivity index (χ3n) is 8.13. The summed E-state index contributed by atoms with van der Waals surface area (Å²) in [5.74, 6) is 0.879. The third kappa shape index (κ3) is 5.03. The minimum absolute atomic E-state index is 0.0731. The van der Waals surface area contributed by atoms with Crippen molar-refractivity contribution in [2.75, 3.05) is 20.1 Å². The summed E-state index contributed by atoms with van der Waals surface area (Å²) in [6, 6.07) is 20.2. The quantitative estimate of drug-likeness (QED) is 0.516. The Morgan fingerprint density at radius 2 is 1.69 bits per heavy atom. The van der Waals surface area contributed by atoms with Crippen LogP contribution in [-0.2, 0) is 9.59 Å². The molecule has 3 aromatic rings. The van der Waals surface area contributed by atoms with E-state index in [1.54, 1.807) is 7.05 Å². The topological polar surface area (TPSA) is 70.5 Å². The van der Waals surface area contributed by atoms with Gasteiger partial charge < -0.3 is 14.8 Å². The van der Waals surface area contributed by atoms with Crippen LogP contribution in [0.3, 0.4) is 0 Å². The Morgan fingerprint density at radius 3 is 2.39 bits per heavy atom. The van der Waals surface area contributed by atoms with Crippen LogP contribution >= 0.6 is 0 Å². The van der Waals surface area contributed by atoms with Crippen molar-refractivity contribution in [3.8, 4) is 0 Å². The van der Waals surface area contributed by atoms with Gasteiger partial charge in [0, 0.05) is 38.6 Å². The number of carbonyl (C=O) groups is 2. The molecule has 0 radical (unpaired) electrons. The lowest BCUT2D eigenvalue weighted by Gasteiger charge is -2.40. The maximum atomic E-state index is 12.7. The first-order chi connectivity index (χ1) is 17.4. The molecule has 2 saturated heterocycles. The summed E-state index contributed by atoms with van der Waals surface area (Å²) in [5, 5.41) is 3.20. The normalized spacial score (nSPS) is 22.5. The van der Waals surface area contributed by atoms with Gasteiger partial charge in [-0.25, -0.2) is 4.98 Å². The summed E-state index contributed by atoms with van der Waals surface area (Å²) in [6.45, 7) is 4.64. The number of hydrogen-bond donors (Lipinski definition) is 1. The lowest BCUT2D eigenvalue weighted by atomic mass is 9.95. The molecule has 7 heteroatoms. The number of benzene rings is 2. The van der Waals surface area contributed by atoms with Gasteiger partial charge in [0.1, 0.15) is 5.82 Å². The van der Waals surface area contributed by atoms with Gasteiger partial charge in [-0.3, -0.25) is 14.5 Å². The van der Waals surface area contributed by atoms with E-state index in [2.05, 4.69) is 58.1 Å². The fourth-order valence-corrected chi connectivity index (χ4v) is 6.30. The van der Waals surface area contributed by atoms with Gasteiger partial charge in [0.05, 0.1) is 23.6 Å². The van der Waals surface area contributed by atoms with Crippen LogP contribution in [-0.4, -0.2) is 63.4 Å². The molecular formula is C29H37N5O2. The number of hydrogen-bond acceptors (Lipinski definition) is 4. The SMILES string of the molecule is CC(=O)N(C)CC(=O)N[C@@H](CCN1[C@@H]2CC[C@H]1CC(n1c(C)nc3ccccc31)C2)c1ccccc1. The molecule has 2 aliphatic heterocycles. The molecule has 5 rings (SSSR count). The van der Waals surface area contributed by atoms with Gasteiger partial charge in [-0.2, -0.15) is 0 Å². The van der Waals surface area contributed by atoms with Crippen molar-refractivity contribution in [1.82, 2.24) is 24.7 Å². The predicted octanol–water partition coefficient (Wildman–Crippen LogP) is 4.24. The molecule has 2 bridgehead atoms. The Hall–Kier alpha value is -3.19. The van der Waals surface area contributed by atoms with E-state index in [0.717, 1.165) is 42.7 Å². The van der Waals surface area contributed by atoms with E-state index in [1.807, 2.05) is 18.2 Å². The Morgan fingerprint density at radius 1 is 1.03 bits per heavy atom. The van der Waals surface area contributed by atoms with E-state index in [9.17, 15) is 9.59 Å². The molecule has 36 heavy (non-hydrogen) atoms. The zero-order chi connectivity index (χ0) is 25.2. The number of nitrogens with zero attached hydrogens (tertiary/aromatic N) is 4. The van der Waals surface area contributed by atoms with Gasteiger partial charge in [0.2, 0.25) is 11.8 Å². The summed E-state index contributed by atoms with van der Waals surface area (Å²) in [7, 11) is 1.66. The Kier molecular flexibility index (Phi) is 7.10. The number of fused-ring (bicyclic) bond motifs is 3. The van der Waals surface area contributed by atoms with Crippen LogP contribution in [0.5, 0.6) is 0 Å². The number of imidazole rings is 1. The largest absolute Gasteiger partial charge is 0.348 e. The van der Waals surface area contributed by atoms with Crippen LogP contribution in [0, 0.1) is 6.92 Å². The molecular weight excluding hydrogens is 450 g/mol. The van der Waals surface area contributed by atoms with Crippen LogP contribution in [0.25, 0.3) is 11.0 Å². The number of likely N-dealkylation sites (N-methyl/N-ethyl adjacent to an activating group) is 1. The summed E-state index contributed by atoms with van der Waals surface area (Å²) >= 11 is 0. The van der Waals surface area contributed by atoms with Crippen molar-refractivity contribution in [3.05, 3.63) is 66.0 Å². The maximum absolute atomic E-state index is 12.7. The van der Waals surface area contributed by atoms with Gasteiger partial charge in [-0.05, 0) is 56.7 Å². The fourth-order valence-electron chi connectivity index (χ4n) is 6.30. The first kappa shape index (κ1) is 24.5. The smallest absolute Gasteiger partial charge is 0.240 e. The second-order valence-electron chi connectivity index (χ2n) is 10.5. The zero-order valence-electron chi connectivity index (χ0n) is 21.6. The van der Waals surface area contributed by atoms with Crippen molar-refractivity contribution >= 4 is 22.8 Å². The van der Waals surface area contributed by atoms with Gasteiger partial charge >= 0.3 is 0 Å². The van der Waals surface area contributed by atoms with E-state index in [4.69, 9.17) is 4.98 Å². The highest BCUT2D eigenvalue weighted by Crippen LogP contribution is 2.42. The Balaban J connectivity index is 1.27. The lowest BCUT2D eigenvalue weighted by molar-refractivity contribution is -0.133. The Labute approximate surface area is 213 Å². The number of amides is 2. The second kappa shape index (κ2) is 10.4. The maximum Gasteiger partial charge on any atom is 0.240 e. The van der Waals surface area contributed by atoms with E-state index in [0.29, 0.717) is 18.1 Å². The molecule has 2 aromatic carbocycles. The highest BCUT2D eigenvalue weighted by Gasteiger charge is 2.41. The zero-order valence-corrected chi connectivity index (χ0v) is 21.6. The molecule has 3 heterocycles. The van der Waals surface area contributed by atoms with E-state index >= 15 is 0 Å². The van der Waals surface area contributed by atoms with Crippen molar-refractivity contribution in [2.45, 2.75) is 70.1 Å². The first-order valence-corrected chi connectivity index (χ1v) is 13.2. The average molecular weight is 488 g/mol. The number of carbonyl (C=O) groups excluding carboxylic acids is 2. The standard InChI is InChI=1S/C29H37N5O2/c1-20-30-27-11-7-8-12-28(27)34(20)25-17-23-13-14-24(18-25)33(23)16-15-26(22-9-5-4-6-10-22)31-29(36)19-32(3)21(2)35/h4-12,23-26H,13-19H2,1-3H3,(H,31,36)/t23-,24+,25?,26-/m0/s1. The van der Waals surface area contributed by atoms with Crippen molar-refractivity contribution in [3.63, 3.8) is 0 Å². The van der Waals surface area contributed by atoms with Crippen LogP contribution in [0.1, 0.15) is 62.5 Å². The number of aryl methyl sites for hydroxylation is 1. The molecule has 0 spiro atoms. The Bertz CT molecular complexity index is 1210. The van der Waals surface area contributed by atoms with Gasteiger partial charge in [-0.1, -0.05) is 42.5 Å². The molecule has 4 atom stereocenters. The van der Waals surface area contributed by atoms with Crippen molar-refractivity contribution < 1.29 is 9.59 Å². The first-order valence-electron chi connectivity index (χ1n) is 13.2. The number of para-hydroxylation sites is 2. The van der Waals surface area contributed by atoms with Gasteiger partial charge in [0.15, 0.2) is 0 Å². The number of piperidine rings is 1. The third-order valence-corrected chi connectivity index (χ3v) is 8.13. The van der Waals surface area contributed by atoms with E-state index in [-0.39, 0.29) is 24.4 Å².